The summed E-state index contributed by atoms with van der Waals surface area (Å²) in [4.78, 5) is 0. The molecule has 1 aliphatic rings. The number of rotatable bonds is 0. The van der Waals surface area contributed by atoms with E-state index in [0.29, 0.717) is 6.61 Å². The van der Waals surface area contributed by atoms with E-state index >= 15 is 0 Å². The van der Waals surface area contributed by atoms with Crippen LogP contribution in [0.3, 0.4) is 0 Å². The van der Waals surface area contributed by atoms with Crippen LogP contribution in [0.2, 0.25) is 0 Å². The predicted octanol–water partition coefficient (Wildman–Crippen LogP) is 0.0314. The van der Waals surface area contributed by atoms with Crippen molar-refractivity contribution in [1.82, 2.24) is 5.32 Å². The van der Waals surface area contributed by atoms with Crippen molar-refractivity contribution in [2.75, 3.05) is 6.61 Å². The third-order valence-electron chi connectivity index (χ3n) is 0.541. The van der Waals surface area contributed by atoms with Gasteiger partial charge in [0.1, 0.15) is 0 Å². The molecule has 0 aromatic heterocycles. The Bertz CT molecular complexity index is 23.0. The molecule has 1 heterocycles. The van der Waals surface area contributed by atoms with Gasteiger partial charge in [-0.2, -0.15) is 0 Å². The molecular formula is C4H5NO. The molecule has 0 atom stereocenters. The van der Waals surface area contributed by atoms with E-state index in [-0.39, 0.29) is 0 Å². The van der Waals surface area contributed by atoms with Crippen LogP contribution in [0.25, 0.3) is 0 Å². The Hall–Kier alpha value is -0.0800. The molecule has 0 amide bonds. The van der Waals surface area contributed by atoms with Crippen LogP contribution in [0.15, 0.2) is 0 Å². The van der Waals surface area contributed by atoms with Gasteiger partial charge in [-0.1, -0.05) is 0 Å². The second kappa shape index (κ2) is 2.16. The molecule has 1 fully saturated rings. The third kappa shape index (κ3) is 0.954. The van der Waals surface area contributed by atoms with Gasteiger partial charge in [0.2, 0.25) is 6.73 Å². The first-order chi connectivity index (χ1) is 3.00. The van der Waals surface area contributed by atoms with E-state index in [1.165, 1.54) is 0 Å². The highest BCUT2D eigenvalue weighted by atomic mass is 16.5. The van der Waals surface area contributed by atoms with Crippen LogP contribution in [0, 0.1) is 13.3 Å². The van der Waals surface area contributed by atoms with Crippen molar-refractivity contribution in [3.05, 3.63) is 13.3 Å². The normalized spacial score (nSPS) is 24.0. The molecule has 1 N–H and O–H groups in total. The van der Waals surface area contributed by atoms with Crippen LogP contribution in [0.1, 0.15) is 6.42 Å². The Balaban J connectivity index is 2.00. The molecule has 0 aromatic rings. The lowest BCUT2D eigenvalue weighted by Crippen LogP contribution is -2.16. The number of nitrogens with one attached hydrogen (secondary N) is 1. The molecule has 0 bridgehead atoms. The molecule has 1 aliphatic heterocycles. The van der Waals surface area contributed by atoms with Gasteiger partial charge < -0.3 is 4.74 Å². The van der Waals surface area contributed by atoms with Crippen molar-refractivity contribution < 1.29 is 4.74 Å². The Kier molecular flexibility index (Phi) is 1.47. The zero-order valence-corrected chi connectivity index (χ0v) is 3.32. The molecule has 1 saturated heterocycles. The number of hydrogen-bond acceptors (Lipinski definition) is 2. The topological polar surface area (TPSA) is 21.3 Å². The summed E-state index contributed by atoms with van der Waals surface area (Å²) in [5.74, 6) is 0. The summed E-state index contributed by atoms with van der Waals surface area (Å²) < 4.78 is 4.65. The van der Waals surface area contributed by atoms with E-state index in [1.54, 1.807) is 0 Å². The lowest BCUT2D eigenvalue weighted by atomic mass is 10.4. The molecule has 0 spiro atoms. The SMILES string of the molecule is [C]1CCO[C]N1. The van der Waals surface area contributed by atoms with Crippen molar-refractivity contribution in [3.63, 3.8) is 0 Å². The maximum atomic E-state index is 4.65. The second-order valence-corrected chi connectivity index (χ2v) is 1.00. The number of ether oxygens (including phenoxy) is 1. The maximum Gasteiger partial charge on any atom is 0.215 e. The van der Waals surface area contributed by atoms with E-state index in [2.05, 4.69) is 23.3 Å². The van der Waals surface area contributed by atoms with Crippen molar-refractivity contribution in [2.45, 2.75) is 6.42 Å². The lowest BCUT2D eigenvalue weighted by Gasteiger charge is -2.06. The summed E-state index contributed by atoms with van der Waals surface area (Å²) in [7, 11) is 0. The lowest BCUT2D eigenvalue weighted by molar-refractivity contribution is 0.161. The predicted molar refractivity (Wildman–Crippen MR) is 20.2 cm³/mol. The molecule has 4 radical (unpaired) electrons. The van der Waals surface area contributed by atoms with Crippen molar-refractivity contribution in [2.24, 2.45) is 0 Å². The largest absolute Gasteiger partial charge is 0.352 e. The summed E-state index contributed by atoms with van der Waals surface area (Å²) in [5, 5.41) is 2.56. The van der Waals surface area contributed by atoms with Crippen molar-refractivity contribution in [3.8, 4) is 0 Å². The summed E-state index contributed by atoms with van der Waals surface area (Å²) >= 11 is 0. The first-order valence-corrected chi connectivity index (χ1v) is 1.85. The fourth-order valence-electron chi connectivity index (χ4n) is 0.288. The van der Waals surface area contributed by atoms with Crippen LogP contribution in [0.4, 0.5) is 0 Å². The summed E-state index contributed by atoms with van der Waals surface area (Å²) in [6.07, 6.45) is 0.854. The Morgan fingerprint density at radius 3 is 2.83 bits per heavy atom. The number of hydrogen-bond donors (Lipinski definition) is 1. The standard InChI is InChI=1S/C4H5NO/c1-2-5-4-6-3-1/h5H,1,3H2. The molecule has 0 aliphatic carbocycles. The molecule has 32 valence electrons. The molecule has 0 unspecified atom stereocenters. The van der Waals surface area contributed by atoms with Crippen LogP contribution < -0.4 is 5.32 Å². The highest BCUT2D eigenvalue weighted by molar-refractivity contribution is 4.67. The van der Waals surface area contributed by atoms with Gasteiger partial charge in [-0.25, -0.2) is 0 Å². The minimum absolute atomic E-state index is 0.715. The van der Waals surface area contributed by atoms with Crippen molar-refractivity contribution in [1.29, 1.82) is 0 Å². The molecule has 2 nitrogen and oxygen atoms in total. The third-order valence-corrected chi connectivity index (χ3v) is 0.541. The van der Waals surface area contributed by atoms with E-state index in [9.17, 15) is 0 Å². The smallest absolute Gasteiger partial charge is 0.215 e. The quantitative estimate of drug-likeness (QED) is 0.446. The van der Waals surface area contributed by atoms with Gasteiger partial charge in [0.15, 0.2) is 0 Å². The van der Waals surface area contributed by atoms with Crippen LogP contribution in [0.5, 0.6) is 0 Å². The highest BCUT2D eigenvalue weighted by Gasteiger charge is 1.96. The molecule has 0 saturated carbocycles. The molecule has 1 rings (SSSR count). The maximum absolute atomic E-state index is 4.65. The molecule has 6 heavy (non-hydrogen) atoms. The van der Waals surface area contributed by atoms with Gasteiger partial charge in [-0.15, -0.1) is 0 Å². The monoisotopic (exact) mass is 83.0 g/mol. The van der Waals surface area contributed by atoms with Gasteiger partial charge in [-0.05, 0) is 6.42 Å². The molecule has 2 heteroatoms. The fourth-order valence-corrected chi connectivity index (χ4v) is 0.288. The minimum atomic E-state index is 0.715. The van der Waals surface area contributed by atoms with Crippen LogP contribution in [-0.4, -0.2) is 6.61 Å². The van der Waals surface area contributed by atoms with Crippen LogP contribution in [-0.2, 0) is 4.74 Å². The van der Waals surface area contributed by atoms with Gasteiger partial charge in [-0.3, -0.25) is 5.32 Å². The summed E-state index contributed by atoms with van der Waals surface area (Å²) in [5.41, 5.74) is 0. The first kappa shape index (κ1) is 4.09. The van der Waals surface area contributed by atoms with Gasteiger partial charge >= 0.3 is 0 Å². The highest BCUT2D eigenvalue weighted by Crippen LogP contribution is 1.92. The first-order valence-electron chi connectivity index (χ1n) is 1.85. The average molecular weight is 83.1 g/mol. The van der Waals surface area contributed by atoms with E-state index in [4.69, 9.17) is 0 Å². The zero-order valence-electron chi connectivity index (χ0n) is 3.32. The molecular weight excluding hydrogens is 78.1 g/mol. The van der Waals surface area contributed by atoms with E-state index in [0.717, 1.165) is 6.42 Å². The average Bonchev–Trinajstić information content (AvgIpc) is 1.72. The second-order valence-electron chi connectivity index (χ2n) is 1.00. The Morgan fingerprint density at radius 1 is 1.67 bits per heavy atom. The Morgan fingerprint density at radius 2 is 2.67 bits per heavy atom. The zero-order chi connectivity index (χ0) is 4.24. The summed E-state index contributed by atoms with van der Waals surface area (Å²) in [6, 6.07) is 0. The van der Waals surface area contributed by atoms with Gasteiger partial charge in [0, 0.05) is 0 Å². The summed E-state index contributed by atoms with van der Waals surface area (Å²) in [6.45, 7) is 5.94. The Labute approximate surface area is 37.5 Å². The van der Waals surface area contributed by atoms with Gasteiger partial charge in [0.05, 0.1) is 13.2 Å². The van der Waals surface area contributed by atoms with E-state index in [1.807, 2.05) is 0 Å². The molecule has 0 aromatic carbocycles. The fraction of sp³-hybridized carbons (Fsp3) is 0.500. The van der Waals surface area contributed by atoms with Gasteiger partial charge in [0.25, 0.3) is 0 Å². The minimum Gasteiger partial charge on any atom is -0.352 e. The van der Waals surface area contributed by atoms with Crippen molar-refractivity contribution >= 4 is 0 Å². The van der Waals surface area contributed by atoms with E-state index < -0.39 is 0 Å². The van der Waals surface area contributed by atoms with Crippen LogP contribution >= 0.6 is 0 Å².